The quantitative estimate of drug-likeness (QED) is 0.329. The molecule has 1 saturated carbocycles. The molecule has 3 N–H and O–H groups in total. The molecule has 1 saturated heterocycles. The van der Waals surface area contributed by atoms with Gasteiger partial charge in [-0.05, 0) is 49.1 Å². The van der Waals surface area contributed by atoms with E-state index < -0.39 is 18.2 Å². The van der Waals surface area contributed by atoms with Crippen molar-refractivity contribution in [1.29, 1.82) is 0 Å². The number of carbonyl (C=O) groups is 4. The monoisotopic (exact) mass is 549 g/mol. The fourth-order valence-electron chi connectivity index (χ4n) is 5.07. The van der Waals surface area contributed by atoms with Crippen molar-refractivity contribution in [3.63, 3.8) is 0 Å². The highest BCUT2D eigenvalue weighted by molar-refractivity contribution is 5.94. The Morgan fingerprint density at radius 1 is 0.975 bits per heavy atom. The van der Waals surface area contributed by atoms with Crippen LogP contribution in [0.5, 0.6) is 0 Å². The predicted molar refractivity (Wildman–Crippen MR) is 149 cm³/mol. The smallest absolute Gasteiger partial charge is 0.408 e. The van der Waals surface area contributed by atoms with Gasteiger partial charge in [-0.15, -0.1) is 0 Å². The number of alkyl carbamates (subject to hydrolysis) is 1. The number of nitrogens with one attached hydrogen (secondary N) is 3. The second-order valence-electron chi connectivity index (χ2n) is 10.9. The van der Waals surface area contributed by atoms with Gasteiger partial charge < -0.3 is 25.4 Å². The number of amides is 3. The Balaban J connectivity index is 1.28. The molecule has 9 heteroatoms. The van der Waals surface area contributed by atoms with E-state index in [4.69, 9.17) is 9.47 Å². The van der Waals surface area contributed by atoms with Crippen molar-refractivity contribution in [2.75, 3.05) is 0 Å². The maximum atomic E-state index is 13.0. The number of ether oxygens (including phenoxy) is 2. The molecule has 1 aliphatic carbocycles. The van der Waals surface area contributed by atoms with Crippen molar-refractivity contribution in [3.05, 3.63) is 71.8 Å². The number of esters is 1. The third-order valence-corrected chi connectivity index (χ3v) is 7.81. The van der Waals surface area contributed by atoms with Gasteiger partial charge in [-0.2, -0.15) is 0 Å². The molecule has 3 amide bonds. The molecule has 214 valence electrons. The van der Waals surface area contributed by atoms with E-state index >= 15 is 0 Å². The zero-order chi connectivity index (χ0) is 28.6. The van der Waals surface area contributed by atoms with E-state index in [0.717, 1.165) is 24.0 Å². The van der Waals surface area contributed by atoms with Crippen LogP contribution in [0.15, 0.2) is 60.7 Å². The summed E-state index contributed by atoms with van der Waals surface area (Å²) < 4.78 is 10.4. The van der Waals surface area contributed by atoms with Gasteiger partial charge in [0.1, 0.15) is 18.6 Å². The number of cyclic esters (lactones) is 1. The van der Waals surface area contributed by atoms with Crippen LogP contribution in [0.2, 0.25) is 0 Å². The predicted octanol–water partition coefficient (Wildman–Crippen LogP) is 3.51. The summed E-state index contributed by atoms with van der Waals surface area (Å²) in [6, 6.07) is 18.2. The fourth-order valence-corrected chi connectivity index (χ4v) is 5.07. The minimum Gasteiger partial charge on any atom is -0.451 e. The second kappa shape index (κ2) is 13.5. The molecule has 0 spiro atoms. The van der Waals surface area contributed by atoms with Crippen molar-refractivity contribution >= 4 is 23.9 Å². The number of carbonyl (C=O) groups excluding carboxylic acids is 4. The van der Waals surface area contributed by atoms with Crippen molar-refractivity contribution in [2.24, 2.45) is 17.8 Å². The number of hydrogen-bond donors (Lipinski definition) is 3. The van der Waals surface area contributed by atoms with Gasteiger partial charge in [-0.25, -0.2) is 4.79 Å². The van der Waals surface area contributed by atoms with Crippen LogP contribution in [0.3, 0.4) is 0 Å². The normalized spacial score (nSPS) is 23.4. The highest BCUT2D eigenvalue weighted by atomic mass is 16.6. The molecule has 0 unspecified atom stereocenters. The fraction of sp³-hybridized carbons (Fsp3) is 0.484. The number of hydrogen-bond acceptors (Lipinski definition) is 6. The van der Waals surface area contributed by atoms with E-state index in [2.05, 4.69) is 16.0 Å². The van der Waals surface area contributed by atoms with E-state index in [1.807, 2.05) is 74.5 Å². The molecule has 1 heterocycles. The lowest BCUT2D eigenvalue weighted by molar-refractivity contribution is -0.193. The van der Waals surface area contributed by atoms with Gasteiger partial charge in [0.25, 0.3) is 5.91 Å². The van der Waals surface area contributed by atoms with Crippen molar-refractivity contribution < 1.29 is 28.7 Å². The summed E-state index contributed by atoms with van der Waals surface area (Å²) in [5.74, 6) is -0.970. The van der Waals surface area contributed by atoms with Crippen molar-refractivity contribution in [1.82, 2.24) is 16.0 Å². The first kappa shape index (κ1) is 29.1. The number of rotatable bonds is 13. The molecular weight excluding hydrogens is 510 g/mol. The molecule has 0 bridgehead atoms. The molecule has 40 heavy (non-hydrogen) atoms. The largest absolute Gasteiger partial charge is 0.451 e. The van der Waals surface area contributed by atoms with Gasteiger partial charge in [0.15, 0.2) is 6.10 Å². The van der Waals surface area contributed by atoms with Gasteiger partial charge >= 0.3 is 12.1 Å². The van der Waals surface area contributed by atoms with E-state index in [1.54, 1.807) is 6.92 Å². The standard InChI is InChI=1S/C31H39N3O6/c1-4-19(2)26-27(40-30(26)37)29(36)34-25-17-23(25)16-24(15-21-11-7-5-8-12-21)33-28(35)20(3)32-31(38)39-18-22-13-9-6-10-14-22/h5-14,19-20,23-27H,4,15-18H2,1-3H3,(H,32,38)(H,33,35)(H,34,36)/t19-,20-,23+,24+,25-,26-,27+/m0/s1. The van der Waals surface area contributed by atoms with Crippen molar-refractivity contribution in [3.8, 4) is 0 Å². The summed E-state index contributed by atoms with van der Waals surface area (Å²) in [6.45, 7) is 5.69. The van der Waals surface area contributed by atoms with Crippen LogP contribution in [0.4, 0.5) is 4.79 Å². The molecule has 2 aromatic carbocycles. The Morgan fingerprint density at radius 3 is 2.25 bits per heavy atom. The minimum absolute atomic E-state index is 0.0249. The Labute approximate surface area is 235 Å². The third-order valence-electron chi connectivity index (χ3n) is 7.81. The maximum absolute atomic E-state index is 13.0. The van der Waals surface area contributed by atoms with Gasteiger partial charge in [-0.1, -0.05) is 80.9 Å². The Hall–Kier alpha value is -3.88. The van der Waals surface area contributed by atoms with Crippen molar-refractivity contribution in [2.45, 2.75) is 77.3 Å². The molecule has 9 nitrogen and oxygen atoms in total. The van der Waals surface area contributed by atoms with E-state index in [1.165, 1.54) is 0 Å². The first-order chi connectivity index (χ1) is 19.2. The highest BCUT2D eigenvalue weighted by Gasteiger charge is 2.51. The lowest BCUT2D eigenvalue weighted by Crippen LogP contribution is -2.56. The Kier molecular flexibility index (Phi) is 9.79. The van der Waals surface area contributed by atoms with Crippen LogP contribution >= 0.6 is 0 Å². The molecule has 2 aromatic rings. The molecule has 4 rings (SSSR count). The molecule has 1 aliphatic heterocycles. The lowest BCUT2D eigenvalue weighted by atomic mass is 9.83. The van der Waals surface area contributed by atoms with Crippen LogP contribution in [0.25, 0.3) is 0 Å². The van der Waals surface area contributed by atoms with Crippen LogP contribution < -0.4 is 16.0 Å². The van der Waals surface area contributed by atoms with E-state index in [9.17, 15) is 19.2 Å². The SMILES string of the molecule is CC[C@H](C)[C@@H]1C(=O)O[C@H]1C(=O)N[C@H]1C[C@H]1C[C@@H](Cc1ccccc1)NC(=O)[C@H](C)NC(=O)OCc1ccccc1. The summed E-state index contributed by atoms with van der Waals surface area (Å²) in [7, 11) is 0. The zero-order valence-electron chi connectivity index (χ0n) is 23.3. The van der Waals surface area contributed by atoms with Crippen LogP contribution in [-0.2, 0) is 36.9 Å². The van der Waals surface area contributed by atoms with Crippen LogP contribution in [0.1, 0.15) is 51.2 Å². The topological polar surface area (TPSA) is 123 Å². The van der Waals surface area contributed by atoms with Gasteiger partial charge in [0, 0.05) is 12.1 Å². The van der Waals surface area contributed by atoms with E-state index in [0.29, 0.717) is 12.8 Å². The first-order valence-electron chi connectivity index (χ1n) is 14.1. The summed E-state index contributed by atoms with van der Waals surface area (Å²) in [5.41, 5.74) is 1.93. The van der Waals surface area contributed by atoms with Crippen LogP contribution in [0, 0.1) is 17.8 Å². The average Bonchev–Trinajstić information content (AvgIpc) is 3.67. The Bertz CT molecular complexity index is 1170. The number of benzene rings is 2. The van der Waals surface area contributed by atoms with Gasteiger partial charge in [-0.3, -0.25) is 14.4 Å². The van der Waals surface area contributed by atoms with Gasteiger partial charge in [0.2, 0.25) is 5.91 Å². The maximum Gasteiger partial charge on any atom is 0.408 e. The Morgan fingerprint density at radius 2 is 1.62 bits per heavy atom. The lowest BCUT2D eigenvalue weighted by Gasteiger charge is -2.37. The first-order valence-corrected chi connectivity index (χ1v) is 14.1. The average molecular weight is 550 g/mol. The molecule has 0 radical (unpaired) electrons. The van der Waals surface area contributed by atoms with Crippen LogP contribution in [-0.4, -0.2) is 48.1 Å². The molecular formula is C31H39N3O6. The third kappa shape index (κ3) is 7.83. The van der Waals surface area contributed by atoms with Gasteiger partial charge in [0.05, 0.1) is 0 Å². The second-order valence-corrected chi connectivity index (χ2v) is 10.9. The molecule has 0 aromatic heterocycles. The summed E-state index contributed by atoms with van der Waals surface area (Å²) in [5, 5.41) is 8.71. The minimum atomic E-state index is -0.790. The molecule has 7 atom stereocenters. The summed E-state index contributed by atoms with van der Waals surface area (Å²) in [4.78, 5) is 49.9. The molecule has 2 fully saturated rings. The molecule has 2 aliphatic rings. The highest BCUT2D eigenvalue weighted by Crippen LogP contribution is 2.37. The zero-order valence-corrected chi connectivity index (χ0v) is 23.3. The van der Waals surface area contributed by atoms with E-state index in [-0.39, 0.29) is 54.2 Å². The summed E-state index contributed by atoms with van der Waals surface area (Å²) >= 11 is 0. The summed E-state index contributed by atoms with van der Waals surface area (Å²) in [6.07, 6.45) is 1.48.